The van der Waals surface area contributed by atoms with Gasteiger partial charge in [-0.15, -0.1) is 0 Å². The summed E-state index contributed by atoms with van der Waals surface area (Å²) in [6.07, 6.45) is 5.65. The molecule has 4 aromatic rings. The summed E-state index contributed by atoms with van der Waals surface area (Å²) in [5, 5.41) is 14.8. The van der Waals surface area contributed by atoms with Crippen LogP contribution in [0.15, 0.2) is 33.8 Å². The molecule has 1 aromatic carbocycles. The highest BCUT2D eigenvalue weighted by atomic mass is 19.1. The van der Waals surface area contributed by atoms with Gasteiger partial charge < -0.3 is 14.4 Å². The lowest BCUT2D eigenvalue weighted by atomic mass is 10.0. The minimum Gasteiger partial charge on any atom is -0.380 e. The average Bonchev–Trinajstić information content (AvgIpc) is 3.55. The molecule has 4 heterocycles. The fourth-order valence-corrected chi connectivity index (χ4v) is 5.10. The molecule has 0 amide bonds. The molecular weight excluding hydrogens is 417 g/mol. The first-order chi connectivity index (χ1) is 15.4. The van der Waals surface area contributed by atoms with Crippen LogP contribution in [0.25, 0.3) is 28.1 Å². The molecule has 2 aliphatic rings. The molecule has 1 atom stereocenters. The molecule has 0 radical (unpaired) electrons. The van der Waals surface area contributed by atoms with Gasteiger partial charge in [0.2, 0.25) is 5.82 Å². The lowest BCUT2D eigenvalue weighted by Crippen LogP contribution is -2.39. The largest absolute Gasteiger partial charge is 0.380 e. The van der Waals surface area contributed by atoms with Gasteiger partial charge in [0.1, 0.15) is 40.2 Å². The number of imidazole rings is 1. The Morgan fingerprint density at radius 3 is 2.72 bits per heavy atom. The highest BCUT2D eigenvalue weighted by Gasteiger charge is 2.40. The SMILES string of the molecule is CC1(n2c(=O)c3c(-c4noc(C5(O)CCCC5)n4)ncn3c3cccc(F)c32)CCCO1. The molecule has 10 heteroatoms. The van der Waals surface area contributed by atoms with Gasteiger partial charge in [-0.1, -0.05) is 11.2 Å². The smallest absolute Gasteiger partial charge is 0.280 e. The van der Waals surface area contributed by atoms with E-state index in [9.17, 15) is 9.90 Å². The Kier molecular flexibility index (Phi) is 4.09. The summed E-state index contributed by atoms with van der Waals surface area (Å²) in [5.41, 5.74) is -1.53. The molecule has 9 nitrogen and oxygen atoms in total. The zero-order valence-electron chi connectivity index (χ0n) is 17.5. The average molecular weight is 439 g/mol. The Morgan fingerprint density at radius 2 is 1.97 bits per heavy atom. The van der Waals surface area contributed by atoms with E-state index in [1.807, 2.05) is 0 Å². The molecule has 32 heavy (non-hydrogen) atoms. The van der Waals surface area contributed by atoms with Crippen molar-refractivity contribution in [1.29, 1.82) is 0 Å². The number of rotatable bonds is 3. The zero-order chi connectivity index (χ0) is 22.1. The third-order valence-corrected chi connectivity index (χ3v) is 6.76. The van der Waals surface area contributed by atoms with Crippen molar-refractivity contribution in [3.63, 3.8) is 0 Å². The van der Waals surface area contributed by atoms with Gasteiger partial charge in [-0.2, -0.15) is 4.98 Å². The lowest BCUT2D eigenvalue weighted by Gasteiger charge is -2.28. The molecular formula is C22H22FN5O4. The summed E-state index contributed by atoms with van der Waals surface area (Å²) in [4.78, 5) is 22.5. The van der Waals surface area contributed by atoms with E-state index in [0.717, 1.165) is 19.3 Å². The molecule has 6 rings (SSSR count). The van der Waals surface area contributed by atoms with E-state index in [4.69, 9.17) is 9.26 Å². The number of ether oxygens (including phenoxy) is 1. The third kappa shape index (κ3) is 2.62. The van der Waals surface area contributed by atoms with Crippen LogP contribution in [0.2, 0.25) is 0 Å². The van der Waals surface area contributed by atoms with Crippen LogP contribution >= 0.6 is 0 Å². The number of aliphatic hydroxyl groups is 1. The van der Waals surface area contributed by atoms with E-state index in [-0.39, 0.29) is 28.4 Å². The molecule has 1 aliphatic heterocycles. The summed E-state index contributed by atoms with van der Waals surface area (Å²) < 4.78 is 29.2. The second kappa shape index (κ2) is 6.69. The van der Waals surface area contributed by atoms with Crippen LogP contribution in [-0.4, -0.2) is 35.8 Å². The molecule has 0 spiro atoms. The predicted molar refractivity (Wildman–Crippen MR) is 111 cm³/mol. The summed E-state index contributed by atoms with van der Waals surface area (Å²) in [6.45, 7) is 2.28. The number of nitrogens with zero attached hydrogens (tertiary/aromatic N) is 5. The Balaban J connectivity index is 1.63. The monoisotopic (exact) mass is 439 g/mol. The van der Waals surface area contributed by atoms with E-state index < -0.39 is 22.7 Å². The molecule has 1 unspecified atom stereocenters. The van der Waals surface area contributed by atoms with Gasteiger partial charge in [0, 0.05) is 6.61 Å². The summed E-state index contributed by atoms with van der Waals surface area (Å²) >= 11 is 0. The fraction of sp³-hybridized carbons (Fsp3) is 0.455. The molecule has 1 aliphatic carbocycles. The van der Waals surface area contributed by atoms with Crippen molar-refractivity contribution in [1.82, 2.24) is 24.1 Å². The third-order valence-electron chi connectivity index (χ3n) is 6.76. The van der Waals surface area contributed by atoms with Crippen LogP contribution in [0.1, 0.15) is 51.3 Å². The maximum Gasteiger partial charge on any atom is 0.280 e. The van der Waals surface area contributed by atoms with Crippen molar-refractivity contribution in [2.75, 3.05) is 6.61 Å². The minimum absolute atomic E-state index is 0.111. The molecule has 1 saturated heterocycles. The number of hydrogen-bond acceptors (Lipinski definition) is 7. The quantitative estimate of drug-likeness (QED) is 0.523. The van der Waals surface area contributed by atoms with Crippen molar-refractivity contribution in [2.24, 2.45) is 0 Å². The first kappa shape index (κ1) is 19.6. The second-order valence-corrected chi connectivity index (χ2v) is 8.85. The van der Waals surface area contributed by atoms with Crippen molar-refractivity contribution < 1.29 is 18.8 Å². The van der Waals surface area contributed by atoms with E-state index in [0.29, 0.717) is 31.4 Å². The van der Waals surface area contributed by atoms with Gasteiger partial charge in [0.05, 0.1) is 5.52 Å². The first-order valence-electron chi connectivity index (χ1n) is 10.8. The number of fused-ring (bicyclic) bond motifs is 3. The maximum atomic E-state index is 15.0. The van der Waals surface area contributed by atoms with Gasteiger partial charge in [-0.25, -0.2) is 9.37 Å². The van der Waals surface area contributed by atoms with Crippen LogP contribution in [0.3, 0.4) is 0 Å². The number of halogens is 1. The number of para-hydroxylation sites is 1. The van der Waals surface area contributed by atoms with Gasteiger partial charge in [-0.05, 0) is 57.6 Å². The molecule has 2 fully saturated rings. The number of hydrogen-bond donors (Lipinski definition) is 1. The fourth-order valence-electron chi connectivity index (χ4n) is 5.10. The molecule has 0 bridgehead atoms. The van der Waals surface area contributed by atoms with E-state index in [2.05, 4.69) is 15.1 Å². The van der Waals surface area contributed by atoms with Crippen LogP contribution in [0, 0.1) is 5.82 Å². The standard InChI is InChI=1S/C22H22FN5O4/c1-21(8-5-11-31-21)28-16-13(23)6-4-7-14(16)27-12-24-15(17(27)19(28)29)18-25-20(32-26-18)22(30)9-2-3-10-22/h4,6-7,12,30H,2-3,5,8-11H2,1H3. The summed E-state index contributed by atoms with van der Waals surface area (Å²) in [5.74, 6) is -0.275. The van der Waals surface area contributed by atoms with Gasteiger partial charge in [0.15, 0.2) is 0 Å². The highest BCUT2D eigenvalue weighted by molar-refractivity contribution is 5.84. The topological polar surface area (TPSA) is 108 Å². The van der Waals surface area contributed by atoms with E-state index in [1.165, 1.54) is 17.0 Å². The van der Waals surface area contributed by atoms with Crippen molar-refractivity contribution in [3.8, 4) is 11.5 Å². The van der Waals surface area contributed by atoms with Crippen LogP contribution in [-0.2, 0) is 16.1 Å². The van der Waals surface area contributed by atoms with Gasteiger partial charge >= 0.3 is 0 Å². The zero-order valence-corrected chi connectivity index (χ0v) is 17.5. The Labute approximate surface area is 181 Å². The molecule has 1 N–H and O–H groups in total. The Morgan fingerprint density at radius 1 is 1.16 bits per heavy atom. The first-order valence-corrected chi connectivity index (χ1v) is 10.8. The normalized spacial score (nSPS) is 23.0. The van der Waals surface area contributed by atoms with Gasteiger partial charge in [0.25, 0.3) is 11.4 Å². The summed E-state index contributed by atoms with van der Waals surface area (Å²) in [7, 11) is 0. The second-order valence-electron chi connectivity index (χ2n) is 8.85. The van der Waals surface area contributed by atoms with Crippen LogP contribution < -0.4 is 5.56 Å². The Bertz CT molecular complexity index is 1410. The van der Waals surface area contributed by atoms with Crippen molar-refractivity contribution >= 4 is 16.6 Å². The van der Waals surface area contributed by atoms with Gasteiger partial charge in [-0.3, -0.25) is 13.8 Å². The minimum atomic E-state index is -1.15. The molecule has 3 aromatic heterocycles. The lowest BCUT2D eigenvalue weighted by molar-refractivity contribution is -0.0451. The molecule has 1 saturated carbocycles. The molecule has 166 valence electrons. The van der Waals surface area contributed by atoms with E-state index in [1.54, 1.807) is 23.5 Å². The predicted octanol–water partition coefficient (Wildman–Crippen LogP) is 3.08. The van der Waals surface area contributed by atoms with Crippen molar-refractivity contribution in [3.05, 3.63) is 46.6 Å². The summed E-state index contributed by atoms with van der Waals surface area (Å²) in [6, 6.07) is 4.65. The van der Waals surface area contributed by atoms with Crippen LogP contribution in [0.4, 0.5) is 4.39 Å². The highest BCUT2D eigenvalue weighted by Crippen LogP contribution is 2.39. The van der Waals surface area contributed by atoms with Crippen LogP contribution in [0.5, 0.6) is 0 Å². The Hall–Kier alpha value is -3.11. The van der Waals surface area contributed by atoms with E-state index >= 15 is 4.39 Å². The maximum absolute atomic E-state index is 15.0. The number of benzene rings is 1. The number of aromatic nitrogens is 5. The van der Waals surface area contributed by atoms with Crippen molar-refractivity contribution in [2.45, 2.75) is 56.8 Å².